The summed E-state index contributed by atoms with van der Waals surface area (Å²) in [5, 5.41) is 11.2. The summed E-state index contributed by atoms with van der Waals surface area (Å²) in [6, 6.07) is 10.1. The van der Waals surface area contributed by atoms with Gasteiger partial charge in [0.15, 0.2) is 5.69 Å². The lowest BCUT2D eigenvalue weighted by molar-refractivity contribution is 0.102. The van der Waals surface area contributed by atoms with Crippen LogP contribution in [0.15, 0.2) is 36.5 Å². The van der Waals surface area contributed by atoms with E-state index >= 15 is 0 Å². The predicted molar refractivity (Wildman–Crippen MR) is 94.1 cm³/mol. The van der Waals surface area contributed by atoms with Gasteiger partial charge in [0, 0.05) is 24.1 Å². The van der Waals surface area contributed by atoms with Crippen LogP contribution >= 0.6 is 0 Å². The Bertz CT molecular complexity index is 894. The first-order valence-corrected chi connectivity index (χ1v) is 8.24. The van der Waals surface area contributed by atoms with E-state index in [9.17, 15) is 4.79 Å². The van der Waals surface area contributed by atoms with E-state index in [2.05, 4.69) is 27.5 Å². The van der Waals surface area contributed by atoms with E-state index in [1.54, 1.807) is 0 Å². The fourth-order valence-corrected chi connectivity index (χ4v) is 3.52. The van der Waals surface area contributed by atoms with Crippen molar-refractivity contribution < 1.29 is 4.79 Å². The maximum Gasteiger partial charge on any atom is 0.276 e. The van der Waals surface area contributed by atoms with Crippen LogP contribution in [-0.2, 0) is 7.05 Å². The van der Waals surface area contributed by atoms with Crippen molar-refractivity contribution in [3.05, 3.63) is 47.9 Å². The molecule has 2 aromatic heterocycles. The summed E-state index contributed by atoms with van der Waals surface area (Å²) in [6.07, 6.45) is 4.27. The van der Waals surface area contributed by atoms with Crippen molar-refractivity contribution in [2.45, 2.75) is 18.9 Å². The highest BCUT2D eigenvalue weighted by Crippen LogP contribution is 2.29. The number of aromatic nitrogens is 3. The Hall–Kier alpha value is -2.60. The minimum Gasteiger partial charge on any atom is -0.350 e. The van der Waals surface area contributed by atoms with Gasteiger partial charge in [-0.2, -0.15) is 5.10 Å². The van der Waals surface area contributed by atoms with Crippen molar-refractivity contribution in [3.63, 3.8) is 0 Å². The van der Waals surface area contributed by atoms with Crippen LogP contribution in [-0.4, -0.2) is 39.2 Å². The Balaban J connectivity index is 1.57. The summed E-state index contributed by atoms with van der Waals surface area (Å²) in [6.45, 7) is 1.08. The van der Waals surface area contributed by atoms with Crippen LogP contribution < -0.4 is 5.32 Å². The van der Waals surface area contributed by atoms with E-state index in [0.717, 1.165) is 35.2 Å². The summed E-state index contributed by atoms with van der Waals surface area (Å²) in [4.78, 5) is 14.9. The fourth-order valence-electron chi connectivity index (χ4n) is 3.52. The number of anilines is 1. The first kappa shape index (κ1) is 15.0. The molecule has 6 heteroatoms. The number of rotatable bonds is 3. The van der Waals surface area contributed by atoms with E-state index in [1.165, 1.54) is 6.42 Å². The molecule has 3 aromatic rings. The van der Waals surface area contributed by atoms with E-state index in [4.69, 9.17) is 0 Å². The fraction of sp³-hybridized carbons (Fsp3) is 0.333. The molecule has 1 fully saturated rings. The van der Waals surface area contributed by atoms with Crippen LogP contribution in [0.3, 0.4) is 0 Å². The summed E-state index contributed by atoms with van der Waals surface area (Å²) in [5.41, 5.74) is 3.33. The maximum atomic E-state index is 12.6. The standard InChI is InChI=1S/C18H21N5O/c1-22-9-4-7-17(22)14-11-15(21-20-14)18(24)19-13-5-3-6-16-12(13)8-10-23(16)2/h3,5-6,8,10-11,17H,4,7,9H2,1-2H3,(H,19,24)(H,20,21). The minimum absolute atomic E-state index is 0.186. The van der Waals surface area contributed by atoms with E-state index in [1.807, 2.05) is 48.1 Å². The highest BCUT2D eigenvalue weighted by molar-refractivity contribution is 6.08. The zero-order valence-corrected chi connectivity index (χ0v) is 13.9. The molecule has 1 saturated heterocycles. The van der Waals surface area contributed by atoms with E-state index in [-0.39, 0.29) is 5.91 Å². The molecule has 1 atom stereocenters. The van der Waals surface area contributed by atoms with Gasteiger partial charge < -0.3 is 9.88 Å². The average molecular weight is 323 g/mol. The molecule has 1 aliphatic heterocycles. The summed E-state index contributed by atoms with van der Waals surface area (Å²) in [5.74, 6) is -0.186. The number of amides is 1. The molecular formula is C18H21N5O. The Morgan fingerprint density at radius 1 is 1.33 bits per heavy atom. The van der Waals surface area contributed by atoms with Gasteiger partial charge >= 0.3 is 0 Å². The van der Waals surface area contributed by atoms with Crippen molar-refractivity contribution in [1.29, 1.82) is 0 Å². The molecule has 24 heavy (non-hydrogen) atoms. The van der Waals surface area contributed by atoms with Crippen LogP contribution in [0.25, 0.3) is 10.9 Å². The third-order valence-corrected chi connectivity index (χ3v) is 4.89. The molecule has 6 nitrogen and oxygen atoms in total. The molecule has 1 unspecified atom stereocenters. The van der Waals surface area contributed by atoms with Crippen LogP contribution in [0.4, 0.5) is 5.69 Å². The van der Waals surface area contributed by atoms with Crippen molar-refractivity contribution in [2.75, 3.05) is 18.9 Å². The number of hydrogen-bond donors (Lipinski definition) is 2. The van der Waals surface area contributed by atoms with E-state index < -0.39 is 0 Å². The molecule has 3 heterocycles. The van der Waals surface area contributed by atoms with Gasteiger partial charge in [-0.1, -0.05) is 6.07 Å². The first-order valence-electron chi connectivity index (χ1n) is 8.24. The predicted octanol–water partition coefficient (Wildman–Crippen LogP) is 2.92. The normalized spacial score (nSPS) is 18.3. The number of hydrogen-bond acceptors (Lipinski definition) is 3. The van der Waals surface area contributed by atoms with Gasteiger partial charge in [-0.3, -0.25) is 14.8 Å². The Labute approximate surface area is 140 Å². The third kappa shape index (κ3) is 2.49. The van der Waals surface area contributed by atoms with Crippen molar-refractivity contribution in [1.82, 2.24) is 19.7 Å². The number of H-pyrrole nitrogens is 1. The molecule has 0 saturated carbocycles. The highest BCUT2D eigenvalue weighted by Gasteiger charge is 2.25. The Morgan fingerprint density at radius 3 is 3.00 bits per heavy atom. The van der Waals surface area contributed by atoms with Crippen LogP contribution in [0.1, 0.15) is 35.1 Å². The van der Waals surface area contributed by atoms with Crippen LogP contribution in [0.2, 0.25) is 0 Å². The zero-order chi connectivity index (χ0) is 16.7. The number of aryl methyl sites for hydroxylation is 1. The molecule has 1 aromatic carbocycles. The number of carbonyl (C=O) groups excluding carboxylic acids is 1. The second-order valence-electron chi connectivity index (χ2n) is 6.47. The van der Waals surface area contributed by atoms with Gasteiger partial charge in [-0.05, 0) is 50.7 Å². The Kier molecular flexibility index (Phi) is 3.61. The number of fused-ring (bicyclic) bond motifs is 1. The summed E-state index contributed by atoms with van der Waals surface area (Å²) < 4.78 is 2.04. The summed E-state index contributed by atoms with van der Waals surface area (Å²) in [7, 11) is 4.10. The maximum absolute atomic E-state index is 12.6. The molecule has 0 spiro atoms. The zero-order valence-electron chi connectivity index (χ0n) is 13.9. The molecule has 0 aliphatic carbocycles. The molecule has 4 rings (SSSR count). The first-order chi connectivity index (χ1) is 11.6. The third-order valence-electron chi connectivity index (χ3n) is 4.89. The van der Waals surface area contributed by atoms with Crippen LogP contribution in [0.5, 0.6) is 0 Å². The molecule has 124 valence electrons. The monoisotopic (exact) mass is 323 g/mol. The van der Waals surface area contributed by atoms with Crippen molar-refractivity contribution in [3.8, 4) is 0 Å². The molecule has 0 bridgehead atoms. The molecular weight excluding hydrogens is 302 g/mol. The molecule has 2 N–H and O–H groups in total. The molecule has 1 aliphatic rings. The van der Waals surface area contributed by atoms with Gasteiger partial charge in [-0.25, -0.2) is 0 Å². The number of nitrogens with one attached hydrogen (secondary N) is 2. The number of nitrogens with zero attached hydrogens (tertiary/aromatic N) is 3. The van der Waals surface area contributed by atoms with Crippen molar-refractivity contribution in [2.24, 2.45) is 7.05 Å². The smallest absolute Gasteiger partial charge is 0.276 e. The number of benzene rings is 1. The van der Waals surface area contributed by atoms with Gasteiger partial charge in [0.2, 0.25) is 0 Å². The van der Waals surface area contributed by atoms with Gasteiger partial charge in [0.1, 0.15) is 0 Å². The number of carbonyl (C=O) groups is 1. The molecule has 1 amide bonds. The number of likely N-dealkylation sites (tertiary alicyclic amines) is 1. The highest BCUT2D eigenvalue weighted by atomic mass is 16.1. The number of aromatic amines is 1. The van der Waals surface area contributed by atoms with Gasteiger partial charge in [0.05, 0.1) is 17.4 Å². The lowest BCUT2D eigenvalue weighted by atomic mass is 10.1. The molecule has 0 radical (unpaired) electrons. The largest absolute Gasteiger partial charge is 0.350 e. The Morgan fingerprint density at radius 2 is 2.21 bits per heavy atom. The quantitative estimate of drug-likeness (QED) is 0.779. The lowest BCUT2D eigenvalue weighted by Crippen LogP contribution is -2.17. The van der Waals surface area contributed by atoms with Gasteiger partial charge in [0.25, 0.3) is 5.91 Å². The van der Waals surface area contributed by atoms with Crippen LogP contribution in [0, 0.1) is 0 Å². The second-order valence-corrected chi connectivity index (χ2v) is 6.47. The van der Waals surface area contributed by atoms with Gasteiger partial charge in [-0.15, -0.1) is 0 Å². The second kappa shape index (κ2) is 5.79. The van der Waals surface area contributed by atoms with Crippen molar-refractivity contribution >= 4 is 22.5 Å². The van der Waals surface area contributed by atoms with E-state index in [0.29, 0.717) is 11.7 Å². The average Bonchev–Trinajstić information content (AvgIpc) is 3.28. The topological polar surface area (TPSA) is 66.0 Å². The minimum atomic E-state index is -0.186. The summed E-state index contributed by atoms with van der Waals surface area (Å²) >= 11 is 0. The SMILES string of the molecule is CN1CCCC1c1cc(C(=O)Nc2cccc3c2ccn3C)n[nH]1. The lowest BCUT2D eigenvalue weighted by Gasteiger charge is -2.16.